The number of nitrogen functional groups attached to an aromatic ring is 1. The van der Waals surface area contributed by atoms with E-state index in [2.05, 4.69) is 15.0 Å². The summed E-state index contributed by atoms with van der Waals surface area (Å²) in [5.74, 6) is 0.289. The lowest BCUT2D eigenvalue weighted by atomic mass is 10.2. The van der Waals surface area contributed by atoms with E-state index >= 15 is 0 Å². The fourth-order valence-corrected chi connectivity index (χ4v) is 4.44. The van der Waals surface area contributed by atoms with Crippen LogP contribution in [0.5, 0.6) is 0 Å². The van der Waals surface area contributed by atoms with Gasteiger partial charge >= 0.3 is 7.60 Å². The highest BCUT2D eigenvalue weighted by atomic mass is 31.2. The Kier molecular flexibility index (Phi) is 7.69. The molecule has 11 heteroatoms. The zero-order valence-electron chi connectivity index (χ0n) is 16.1. The smallest absolute Gasteiger partial charge is 0.356 e. The van der Waals surface area contributed by atoms with E-state index in [0.29, 0.717) is 17.6 Å². The van der Waals surface area contributed by atoms with Gasteiger partial charge < -0.3 is 29.2 Å². The summed E-state index contributed by atoms with van der Waals surface area (Å²) in [5, 5.41) is 9.42. The molecule has 0 bridgehead atoms. The van der Waals surface area contributed by atoms with Crippen LogP contribution in [0, 0.1) is 0 Å². The molecule has 152 valence electrons. The van der Waals surface area contributed by atoms with Crippen molar-refractivity contribution in [3.8, 4) is 0 Å². The van der Waals surface area contributed by atoms with Crippen LogP contribution in [-0.2, 0) is 18.3 Å². The van der Waals surface area contributed by atoms with Crippen molar-refractivity contribution in [2.75, 3.05) is 25.3 Å². The van der Waals surface area contributed by atoms with Crippen LogP contribution in [0.1, 0.15) is 40.2 Å². The van der Waals surface area contributed by atoms with E-state index in [9.17, 15) is 9.67 Å². The van der Waals surface area contributed by atoms with Crippen molar-refractivity contribution in [3.05, 3.63) is 12.7 Å². The van der Waals surface area contributed by atoms with Gasteiger partial charge in [-0.2, -0.15) is 0 Å². The molecule has 0 aromatic carbocycles. The maximum Gasteiger partial charge on any atom is 0.356 e. The minimum atomic E-state index is -3.40. The molecule has 0 saturated heterocycles. The molecular weight excluding hydrogens is 373 g/mol. The fraction of sp³-hybridized carbons (Fsp3) is 0.688. The molecule has 27 heavy (non-hydrogen) atoms. The Morgan fingerprint density at radius 2 is 1.85 bits per heavy atom. The average Bonchev–Trinajstić information content (AvgIpc) is 2.97. The molecule has 10 nitrogen and oxygen atoms in total. The fourth-order valence-electron chi connectivity index (χ4n) is 2.66. The van der Waals surface area contributed by atoms with Crippen LogP contribution in [0.25, 0.3) is 11.2 Å². The predicted octanol–water partition coefficient (Wildman–Crippen LogP) is 2.35. The molecule has 0 spiro atoms. The minimum Gasteiger partial charge on any atom is -0.396 e. The third-order valence-electron chi connectivity index (χ3n) is 3.55. The summed E-state index contributed by atoms with van der Waals surface area (Å²) in [4.78, 5) is 12.3. The molecule has 2 heterocycles. The summed E-state index contributed by atoms with van der Waals surface area (Å²) >= 11 is 0. The summed E-state index contributed by atoms with van der Waals surface area (Å²) in [6, 6.07) is -0.292. The van der Waals surface area contributed by atoms with Gasteiger partial charge in [0.15, 0.2) is 11.5 Å². The van der Waals surface area contributed by atoms with Crippen LogP contribution in [-0.4, -0.2) is 56.4 Å². The molecule has 0 radical (unpaired) electrons. The van der Waals surface area contributed by atoms with E-state index in [-0.39, 0.29) is 43.6 Å². The second-order valence-corrected chi connectivity index (χ2v) is 8.57. The van der Waals surface area contributed by atoms with Crippen molar-refractivity contribution in [2.24, 2.45) is 0 Å². The van der Waals surface area contributed by atoms with Gasteiger partial charge in [0.05, 0.1) is 31.2 Å². The van der Waals surface area contributed by atoms with E-state index in [4.69, 9.17) is 19.5 Å². The SMILES string of the molecule is CC(C)OP(=O)(COCC(CCO)n1cnc2ncnc(N)c21)OC(C)C. The third kappa shape index (κ3) is 5.95. The summed E-state index contributed by atoms with van der Waals surface area (Å²) in [6.45, 7) is 7.23. The summed E-state index contributed by atoms with van der Waals surface area (Å²) in [7, 11) is -3.40. The lowest BCUT2D eigenvalue weighted by Gasteiger charge is -2.24. The number of fused-ring (bicyclic) bond motifs is 1. The van der Waals surface area contributed by atoms with Gasteiger partial charge in [-0.05, 0) is 34.1 Å². The van der Waals surface area contributed by atoms with Crippen LogP contribution >= 0.6 is 7.60 Å². The van der Waals surface area contributed by atoms with Gasteiger partial charge in [-0.1, -0.05) is 0 Å². The maximum absolute atomic E-state index is 12.8. The van der Waals surface area contributed by atoms with Gasteiger partial charge in [-0.25, -0.2) is 15.0 Å². The first kappa shape index (κ1) is 21.7. The van der Waals surface area contributed by atoms with Crippen LogP contribution in [0.3, 0.4) is 0 Å². The van der Waals surface area contributed by atoms with Crippen LogP contribution in [0.15, 0.2) is 12.7 Å². The van der Waals surface area contributed by atoms with Crippen molar-refractivity contribution in [2.45, 2.75) is 52.4 Å². The van der Waals surface area contributed by atoms with Gasteiger partial charge in [0.1, 0.15) is 18.2 Å². The quantitative estimate of drug-likeness (QED) is 0.544. The standard InChI is InChI=1S/C16H28N5O5P/c1-11(2)25-27(23,26-12(3)4)10-24-7-13(5-6-22)21-9-20-16-14(21)15(17)18-8-19-16/h8-9,11-13,22H,5-7,10H2,1-4H3,(H2,17,18,19). The number of nitrogens with two attached hydrogens (primary N) is 1. The molecule has 2 rings (SSSR count). The second-order valence-electron chi connectivity index (χ2n) is 6.67. The number of ether oxygens (including phenoxy) is 1. The molecule has 0 amide bonds. The molecule has 2 aromatic rings. The van der Waals surface area contributed by atoms with E-state index in [1.165, 1.54) is 6.33 Å². The normalized spacial score (nSPS) is 13.7. The van der Waals surface area contributed by atoms with Gasteiger partial charge in [0, 0.05) is 6.61 Å². The summed E-state index contributed by atoms with van der Waals surface area (Å²) in [5.41, 5.74) is 6.97. The zero-order chi connectivity index (χ0) is 20.0. The van der Waals surface area contributed by atoms with E-state index in [1.54, 1.807) is 38.6 Å². The molecule has 0 aliphatic carbocycles. The Balaban J connectivity index is 2.12. The topological polar surface area (TPSA) is 135 Å². The van der Waals surface area contributed by atoms with Crippen LogP contribution < -0.4 is 5.73 Å². The molecule has 0 saturated carbocycles. The number of hydrogen-bond donors (Lipinski definition) is 2. The minimum absolute atomic E-state index is 0.0655. The first-order chi connectivity index (χ1) is 12.8. The van der Waals surface area contributed by atoms with Crippen LogP contribution in [0.4, 0.5) is 5.82 Å². The van der Waals surface area contributed by atoms with Gasteiger partial charge in [0.25, 0.3) is 0 Å². The highest BCUT2D eigenvalue weighted by Crippen LogP contribution is 2.50. The van der Waals surface area contributed by atoms with Crippen molar-refractivity contribution in [1.82, 2.24) is 19.5 Å². The third-order valence-corrected chi connectivity index (χ3v) is 5.54. The van der Waals surface area contributed by atoms with E-state index in [0.717, 1.165) is 0 Å². The number of anilines is 1. The molecular formula is C16H28N5O5P. The van der Waals surface area contributed by atoms with Crippen molar-refractivity contribution >= 4 is 24.6 Å². The molecule has 3 N–H and O–H groups in total. The van der Waals surface area contributed by atoms with E-state index in [1.807, 2.05) is 0 Å². The second kappa shape index (κ2) is 9.57. The van der Waals surface area contributed by atoms with Gasteiger partial charge in [0.2, 0.25) is 0 Å². The van der Waals surface area contributed by atoms with Crippen LogP contribution in [0.2, 0.25) is 0 Å². The van der Waals surface area contributed by atoms with Crippen molar-refractivity contribution < 1.29 is 23.5 Å². The Hall–Kier alpha value is -1.58. The van der Waals surface area contributed by atoms with E-state index < -0.39 is 7.60 Å². The Morgan fingerprint density at radius 3 is 2.44 bits per heavy atom. The number of nitrogens with zero attached hydrogens (tertiary/aromatic N) is 4. The molecule has 0 aliphatic heterocycles. The Morgan fingerprint density at radius 1 is 1.19 bits per heavy atom. The number of aromatic nitrogens is 4. The maximum atomic E-state index is 12.8. The summed E-state index contributed by atoms with van der Waals surface area (Å²) in [6.07, 6.45) is 2.59. The highest BCUT2D eigenvalue weighted by molar-refractivity contribution is 7.53. The monoisotopic (exact) mass is 401 g/mol. The number of aliphatic hydroxyl groups excluding tert-OH is 1. The molecule has 1 unspecified atom stereocenters. The largest absolute Gasteiger partial charge is 0.396 e. The lowest BCUT2D eigenvalue weighted by Crippen LogP contribution is -2.19. The lowest BCUT2D eigenvalue weighted by molar-refractivity contribution is 0.0810. The summed E-state index contributed by atoms with van der Waals surface area (Å²) < 4.78 is 31.2. The zero-order valence-corrected chi connectivity index (χ0v) is 17.0. The Labute approximate surface area is 158 Å². The van der Waals surface area contributed by atoms with Crippen molar-refractivity contribution in [1.29, 1.82) is 0 Å². The predicted molar refractivity (Wildman–Crippen MR) is 101 cm³/mol. The highest BCUT2D eigenvalue weighted by Gasteiger charge is 2.29. The molecule has 0 aliphatic rings. The number of rotatable bonds is 11. The number of hydrogen-bond acceptors (Lipinski definition) is 9. The number of aliphatic hydroxyl groups is 1. The molecule has 2 aromatic heterocycles. The van der Waals surface area contributed by atoms with Gasteiger partial charge in [-0.15, -0.1) is 0 Å². The average molecular weight is 401 g/mol. The molecule has 1 atom stereocenters. The van der Waals surface area contributed by atoms with Gasteiger partial charge in [-0.3, -0.25) is 4.57 Å². The first-order valence-electron chi connectivity index (χ1n) is 8.83. The first-order valence-corrected chi connectivity index (χ1v) is 10.6. The molecule has 0 fully saturated rings. The number of imidazole rings is 1. The van der Waals surface area contributed by atoms with Crippen molar-refractivity contribution in [3.63, 3.8) is 0 Å². The Bertz CT molecular complexity index is 768.